The maximum atomic E-state index is 12.9. The van der Waals surface area contributed by atoms with E-state index in [2.05, 4.69) is 4.98 Å². The fraction of sp³-hybridized carbons (Fsp3) is 0.211. The molecule has 0 unspecified atom stereocenters. The van der Waals surface area contributed by atoms with Crippen LogP contribution in [0.5, 0.6) is 5.75 Å². The van der Waals surface area contributed by atoms with Crippen molar-refractivity contribution in [2.75, 3.05) is 6.61 Å². The Kier molecular flexibility index (Phi) is 4.39. The van der Waals surface area contributed by atoms with E-state index in [-0.39, 0.29) is 15.2 Å². The number of ether oxygens (including phenoxy) is 1. The molecule has 1 heterocycles. The average Bonchev–Trinajstić information content (AvgIpc) is 2.58. The third kappa shape index (κ3) is 3.05. The summed E-state index contributed by atoms with van der Waals surface area (Å²) < 4.78 is 31.2. The third-order valence-corrected chi connectivity index (χ3v) is 5.96. The van der Waals surface area contributed by atoms with E-state index in [1.165, 1.54) is 12.3 Å². The predicted octanol–water partition coefficient (Wildman–Crippen LogP) is 3.38. The summed E-state index contributed by atoms with van der Waals surface area (Å²) in [6, 6.07) is 9.86. The van der Waals surface area contributed by atoms with E-state index in [9.17, 15) is 13.2 Å². The summed E-state index contributed by atoms with van der Waals surface area (Å²) in [7, 11) is -3.91. The molecule has 0 radical (unpaired) electrons. The number of aromatic amines is 1. The summed E-state index contributed by atoms with van der Waals surface area (Å²) in [5.74, 6) is 0.529. The molecule has 5 nitrogen and oxygen atoms in total. The maximum absolute atomic E-state index is 12.9. The van der Waals surface area contributed by atoms with Crippen LogP contribution in [-0.2, 0) is 9.84 Å². The molecule has 3 aromatic rings. The van der Waals surface area contributed by atoms with Crippen LogP contribution < -0.4 is 10.2 Å². The first-order valence-electron chi connectivity index (χ1n) is 7.95. The number of rotatable bonds is 4. The number of aryl methyl sites for hydroxylation is 2. The molecule has 1 N–H and O–H groups in total. The SMILES string of the molecule is CCOc1ccc2[nH]cc(S(=O)(=O)c3ccc(C)c(C)c3)c(=O)c2c1. The van der Waals surface area contributed by atoms with E-state index in [1.54, 1.807) is 30.3 Å². The van der Waals surface area contributed by atoms with Gasteiger partial charge in [-0.3, -0.25) is 4.79 Å². The molecule has 6 heteroatoms. The number of pyridine rings is 1. The molecule has 0 fully saturated rings. The van der Waals surface area contributed by atoms with Crippen LogP contribution in [0.2, 0.25) is 0 Å². The van der Waals surface area contributed by atoms with Crippen molar-refractivity contribution in [1.29, 1.82) is 0 Å². The monoisotopic (exact) mass is 357 g/mol. The number of sulfone groups is 1. The van der Waals surface area contributed by atoms with Gasteiger partial charge in [0.2, 0.25) is 15.3 Å². The zero-order valence-corrected chi connectivity index (χ0v) is 15.1. The Balaban J connectivity index is 2.22. The van der Waals surface area contributed by atoms with Crippen LogP contribution in [-0.4, -0.2) is 20.0 Å². The average molecular weight is 357 g/mol. The number of H-pyrrole nitrogens is 1. The van der Waals surface area contributed by atoms with Gasteiger partial charge < -0.3 is 9.72 Å². The van der Waals surface area contributed by atoms with Gasteiger partial charge in [-0.05, 0) is 62.2 Å². The van der Waals surface area contributed by atoms with E-state index < -0.39 is 15.3 Å². The van der Waals surface area contributed by atoms with Gasteiger partial charge in [0.25, 0.3) is 0 Å². The highest BCUT2D eigenvalue weighted by molar-refractivity contribution is 7.91. The highest BCUT2D eigenvalue weighted by Gasteiger charge is 2.23. The van der Waals surface area contributed by atoms with Gasteiger partial charge in [0, 0.05) is 11.7 Å². The Morgan fingerprint density at radius 3 is 2.48 bits per heavy atom. The Hall–Kier alpha value is -2.60. The minimum absolute atomic E-state index is 0.112. The van der Waals surface area contributed by atoms with Crippen LogP contribution in [0.3, 0.4) is 0 Å². The Bertz CT molecular complexity index is 1110. The van der Waals surface area contributed by atoms with Crippen LogP contribution in [0.1, 0.15) is 18.1 Å². The van der Waals surface area contributed by atoms with Crippen molar-refractivity contribution in [2.24, 2.45) is 0 Å². The van der Waals surface area contributed by atoms with E-state index in [4.69, 9.17) is 4.74 Å². The number of fused-ring (bicyclic) bond motifs is 1. The lowest BCUT2D eigenvalue weighted by Crippen LogP contribution is -2.16. The van der Waals surface area contributed by atoms with Crippen LogP contribution in [0.4, 0.5) is 0 Å². The molecule has 3 rings (SSSR count). The number of hydrogen-bond acceptors (Lipinski definition) is 4. The van der Waals surface area contributed by atoms with Crippen molar-refractivity contribution >= 4 is 20.7 Å². The second kappa shape index (κ2) is 6.37. The smallest absolute Gasteiger partial charge is 0.211 e. The van der Waals surface area contributed by atoms with Crippen LogP contribution in [0.15, 0.2) is 57.2 Å². The lowest BCUT2D eigenvalue weighted by atomic mass is 10.1. The Morgan fingerprint density at radius 2 is 1.80 bits per heavy atom. The highest BCUT2D eigenvalue weighted by Crippen LogP contribution is 2.23. The molecule has 25 heavy (non-hydrogen) atoms. The van der Waals surface area contributed by atoms with Gasteiger partial charge >= 0.3 is 0 Å². The molecule has 0 amide bonds. The molecule has 0 saturated carbocycles. The van der Waals surface area contributed by atoms with Crippen molar-refractivity contribution < 1.29 is 13.2 Å². The summed E-state index contributed by atoms with van der Waals surface area (Å²) in [5.41, 5.74) is 1.88. The molecular weight excluding hydrogens is 338 g/mol. The van der Waals surface area contributed by atoms with Gasteiger partial charge in [-0.2, -0.15) is 0 Å². The van der Waals surface area contributed by atoms with E-state index in [0.29, 0.717) is 17.9 Å². The van der Waals surface area contributed by atoms with Crippen LogP contribution in [0.25, 0.3) is 10.9 Å². The third-order valence-electron chi connectivity index (χ3n) is 4.21. The number of hydrogen-bond donors (Lipinski definition) is 1. The summed E-state index contributed by atoms with van der Waals surface area (Å²) >= 11 is 0. The van der Waals surface area contributed by atoms with Gasteiger partial charge in [-0.15, -0.1) is 0 Å². The summed E-state index contributed by atoms with van der Waals surface area (Å²) in [4.78, 5) is 15.5. The molecule has 0 saturated heterocycles. The summed E-state index contributed by atoms with van der Waals surface area (Å²) in [6.45, 7) is 6.05. The van der Waals surface area contributed by atoms with Crippen molar-refractivity contribution in [1.82, 2.24) is 4.98 Å². The van der Waals surface area contributed by atoms with Crippen LogP contribution >= 0.6 is 0 Å². The molecule has 1 aromatic heterocycles. The zero-order valence-electron chi connectivity index (χ0n) is 14.3. The normalized spacial score (nSPS) is 11.6. The predicted molar refractivity (Wildman–Crippen MR) is 97.1 cm³/mol. The first-order chi connectivity index (χ1) is 11.8. The van der Waals surface area contributed by atoms with Crippen molar-refractivity contribution in [2.45, 2.75) is 30.6 Å². The lowest BCUT2D eigenvalue weighted by molar-refractivity contribution is 0.340. The zero-order chi connectivity index (χ0) is 18.2. The topological polar surface area (TPSA) is 76.2 Å². The molecule has 130 valence electrons. The minimum Gasteiger partial charge on any atom is -0.494 e. The molecule has 0 aliphatic heterocycles. The van der Waals surface area contributed by atoms with Crippen molar-refractivity contribution in [3.8, 4) is 5.75 Å². The molecule has 0 aliphatic rings. The van der Waals surface area contributed by atoms with Crippen molar-refractivity contribution in [3.63, 3.8) is 0 Å². The maximum Gasteiger partial charge on any atom is 0.211 e. The second-order valence-corrected chi connectivity index (χ2v) is 7.79. The summed E-state index contributed by atoms with van der Waals surface area (Å²) in [6.07, 6.45) is 1.26. The molecule has 0 bridgehead atoms. The van der Waals surface area contributed by atoms with Crippen molar-refractivity contribution in [3.05, 3.63) is 63.9 Å². The molecule has 2 aromatic carbocycles. The number of aromatic nitrogens is 1. The lowest BCUT2D eigenvalue weighted by Gasteiger charge is -2.09. The Labute approximate surface area is 146 Å². The highest BCUT2D eigenvalue weighted by atomic mass is 32.2. The first-order valence-corrected chi connectivity index (χ1v) is 9.43. The fourth-order valence-corrected chi connectivity index (χ4v) is 4.04. The number of nitrogens with one attached hydrogen (secondary N) is 1. The molecule has 0 spiro atoms. The first kappa shape index (κ1) is 17.2. The Morgan fingerprint density at radius 1 is 1.04 bits per heavy atom. The summed E-state index contributed by atoms with van der Waals surface area (Å²) in [5, 5.41) is 0.288. The van der Waals surface area contributed by atoms with E-state index in [0.717, 1.165) is 11.1 Å². The largest absolute Gasteiger partial charge is 0.494 e. The van der Waals surface area contributed by atoms with Gasteiger partial charge in [-0.25, -0.2) is 8.42 Å². The molecular formula is C19H19NO4S. The van der Waals surface area contributed by atoms with Crippen LogP contribution in [0, 0.1) is 13.8 Å². The molecule has 0 aliphatic carbocycles. The van der Waals surface area contributed by atoms with Gasteiger partial charge in [-0.1, -0.05) is 6.07 Å². The quantitative estimate of drug-likeness (QED) is 0.777. The standard InChI is InChI=1S/C19H19NO4S/c1-4-24-14-6-8-17-16(10-14)19(21)18(11-20-17)25(22,23)15-7-5-12(2)13(3)9-15/h5-11H,4H2,1-3H3,(H,20,21). The fourth-order valence-electron chi connectivity index (χ4n) is 2.64. The molecule has 0 atom stereocenters. The van der Waals surface area contributed by atoms with Gasteiger partial charge in [0.05, 0.1) is 16.9 Å². The minimum atomic E-state index is -3.91. The van der Waals surface area contributed by atoms with E-state index >= 15 is 0 Å². The number of benzene rings is 2. The van der Waals surface area contributed by atoms with E-state index in [1.807, 2.05) is 20.8 Å². The second-order valence-electron chi connectivity index (χ2n) is 5.87. The van der Waals surface area contributed by atoms with Gasteiger partial charge in [0.15, 0.2) is 0 Å². The van der Waals surface area contributed by atoms with Gasteiger partial charge in [0.1, 0.15) is 10.6 Å².